The zero-order chi connectivity index (χ0) is 8.27. The number of β-amino-alcohol motifs (C(OH)–C–C–N with tert-alkyl or cyclic N) is 1. The van der Waals surface area contributed by atoms with Crippen molar-refractivity contribution in [2.75, 3.05) is 19.7 Å². The molecule has 1 amide bonds. The minimum Gasteiger partial charge on any atom is -0.395 e. The second-order valence-electron chi connectivity index (χ2n) is 2.82. The molecule has 0 aromatic carbocycles. The fraction of sp³-hybridized carbons (Fsp3) is 0.857. The highest BCUT2D eigenvalue weighted by Crippen LogP contribution is 2.15. The molecule has 1 aliphatic heterocycles. The molecule has 1 aliphatic rings. The van der Waals surface area contributed by atoms with Crippen molar-refractivity contribution in [3.05, 3.63) is 0 Å². The Labute approximate surface area is 66.0 Å². The molecule has 0 aromatic rings. The zero-order valence-corrected chi connectivity index (χ0v) is 6.49. The Hall–Kier alpha value is -0.610. The van der Waals surface area contributed by atoms with Gasteiger partial charge in [0.2, 0.25) is 5.91 Å². The van der Waals surface area contributed by atoms with Crippen LogP contribution in [0.3, 0.4) is 0 Å². The Balaban J connectivity index is 2.44. The fourth-order valence-corrected chi connectivity index (χ4v) is 1.54. The van der Waals surface area contributed by atoms with E-state index >= 15 is 0 Å². The van der Waals surface area contributed by atoms with Crippen molar-refractivity contribution in [2.45, 2.75) is 18.9 Å². The summed E-state index contributed by atoms with van der Waals surface area (Å²) in [5.74, 6) is -0.268. The van der Waals surface area contributed by atoms with Crippen LogP contribution >= 0.6 is 0 Å². The van der Waals surface area contributed by atoms with Gasteiger partial charge >= 0.3 is 0 Å². The summed E-state index contributed by atoms with van der Waals surface area (Å²) in [7, 11) is 0. The summed E-state index contributed by atoms with van der Waals surface area (Å²) in [6, 6.07) is -0.137. The summed E-state index contributed by atoms with van der Waals surface area (Å²) in [5, 5.41) is 8.63. The molecule has 11 heavy (non-hydrogen) atoms. The first-order chi connectivity index (χ1) is 5.25. The fourth-order valence-electron chi connectivity index (χ4n) is 1.54. The molecule has 1 fully saturated rings. The van der Waals surface area contributed by atoms with E-state index in [1.165, 1.54) is 0 Å². The number of carbonyl (C=O) groups excluding carboxylic acids is 1. The van der Waals surface area contributed by atoms with Crippen LogP contribution in [-0.4, -0.2) is 41.7 Å². The lowest BCUT2D eigenvalue weighted by atomic mass is 10.2. The molecule has 4 heteroatoms. The van der Waals surface area contributed by atoms with Crippen molar-refractivity contribution >= 4 is 5.91 Å². The number of hydrogen-bond acceptors (Lipinski definition) is 3. The number of nitrogens with two attached hydrogens (primary N) is 1. The molecule has 0 spiro atoms. The van der Waals surface area contributed by atoms with Gasteiger partial charge in [-0.15, -0.1) is 0 Å². The molecular weight excluding hydrogens is 144 g/mol. The highest BCUT2D eigenvalue weighted by Gasteiger charge is 2.27. The van der Waals surface area contributed by atoms with E-state index in [9.17, 15) is 4.79 Å². The molecule has 1 rings (SSSR count). The first-order valence-electron chi connectivity index (χ1n) is 3.90. The summed E-state index contributed by atoms with van der Waals surface area (Å²) in [6.45, 7) is 1.55. The van der Waals surface area contributed by atoms with Gasteiger partial charge in [0.1, 0.15) is 0 Å². The zero-order valence-electron chi connectivity index (χ0n) is 6.49. The number of rotatable bonds is 3. The smallest absolute Gasteiger partial charge is 0.234 e. The molecule has 1 saturated heterocycles. The third-order valence-electron chi connectivity index (χ3n) is 2.08. The van der Waals surface area contributed by atoms with E-state index in [1.807, 2.05) is 4.90 Å². The number of aliphatic hydroxyl groups excluding tert-OH is 1. The third kappa shape index (κ3) is 1.91. The minimum absolute atomic E-state index is 0.101. The van der Waals surface area contributed by atoms with Crippen LogP contribution in [0, 0.1) is 0 Å². The molecule has 1 atom stereocenters. The van der Waals surface area contributed by atoms with Crippen molar-refractivity contribution in [1.29, 1.82) is 0 Å². The maximum absolute atomic E-state index is 10.8. The van der Waals surface area contributed by atoms with E-state index in [4.69, 9.17) is 10.8 Å². The highest BCUT2D eigenvalue weighted by molar-refractivity contribution is 5.80. The van der Waals surface area contributed by atoms with Crippen LogP contribution in [-0.2, 0) is 4.79 Å². The van der Waals surface area contributed by atoms with Crippen molar-refractivity contribution in [3.63, 3.8) is 0 Å². The maximum Gasteiger partial charge on any atom is 0.234 e. The Morgan fingerprint density at radius 1 is 1.73 bits per heavy atom. The topological polar surface area (TPSA) is 66.6 Å². The quantitative estimate of drug-likeness (QED) is 0.549. The van der Waals surface area contributed by atoms with Crippen molar-refractivity contribution in [2.24, 2.45) is 5.73 Å². The van der Waals surface area contributed by atoms with Crippen molar-refractivity contribution in [1.82, 2.24) is 4.90 Å². The molecule has 0 radical (unpaired) electrons. The monoisotopic (exact) mass is 158 g/mol. The molecule has 0 bridgehead atoms. The van der Waals surface area contributed by atoms with E-state index in [0.29, 0.717) is 6.54 Å². The molecule has 0 saturated carbocycles. The van der Waals surface area contributed by atoms with Gasteiger partial charge in [-0.2, -0.15) is 0 Å². The van der Waals surface area contributed by atoms with E-state index in [1.54, 1.807) is 0 Å². The van der Waals surface area contributed by atoms with Crippen LogP contribution in [0.2, 0.25) is 0 Å². The molecule has 4 nitrogen and oxygen atoms in total. The van der Waals surface area contributed by atoms with E-state index in [2.05, 4.69) is 0 Å². The molecule has 0 aromatic heterocycles. The first-order valence-corrected chi connectivity index (χ1v) is 3.90. The van der Waals surface area contributed by atoms with E-state index in [-0.39, 0.29) is 18.6 Å². The predicted octanol–water partition coefficient (Wildman–Crippen LogP) is -1.07. The SMILES string of the molecule is NC(=O)[C@H]1CCCN1CCO. The van der Waals surface area contributed by atoms with Gasteiger partial charge in [-0.1, -0.05) is 0 Å². The van der Waals surface area contributed by atoms with Crippen molar-refractivity contribution < 1.29 is 9.90 Å². The summed E-state index contributed by atoms with van der Waals surface area (Å²) in [4.78, 5) is 12.7. The average Bonchev–Trinajstić information content (AvgIpc) is 2.36. The Morgan fingerprint density at radius 2 is 2.45 bits per heavy atom. The molecule has 1 heterocycles. The largest absolute Gasteiger partial charge is 0.395 e. The number of aliphatic hydroxyl groups is 1. The van der Waals surface area contributed by atoms with Gasteiger partial charge in [-0.25, -0.2) is 0 Å². The van der Waals surface area contributed by atoms with Gasteiger partial charge in [-0.05, 0) is 19.4 Å². The molecule has 3 N–H and O–H groups in total. The van der Waals surface area contributed by atoms with Crippen LogP contribution in [0.1, 0.15) is 12.8 Å². The Morgan fingerprint density at radius 3 is 3.00 bits per heavy atom. The second kappa shape index (κ2) is 3.69. The Kier molecular flexibility index (Phi) is 2.84. The molecule has 0 aliphatic carbocycles. The number of amides is 1. The van der Waals surface area contributed by atoms with Gasteiger partial charge in [-0.3, -0.25) is 9.69 Å². The number of likely N-dealkylation sites (tertiary alicyclic amines) is 1. The van der Waals surface area contributed by atoms with E-state index < -0.39 is 0 Å². The van der Waals surface area contributed by atoms with E-state index in [0.717, 1.165) is 19.4 Å². The predicted molar refractivity (Wildman–Crippen MR) is 40.9 cm³/mol. The van der Waals surface area contributed by atoms with Crippen LogP contribution in [0.15, 0.2) is 0 Å². The number of carbonyl (C=O) groups is 1. The van der Waals surface area contributed by atoms with Crippen LogP contribution < -0.4 is 5.73 Å². The average molecular weight is 158 g/mol. The lowest BCUT2D eigenvalue weighted by Gasteiger charge is -2.19. The lowest BCUT2D eigenvalue weighted by Crippen LogP contribution is -2.41. The first kappa shape index (κ1) is 8.49. The molecular formula is C7H14N2O2. The van der Waals surface area contributed by atoms with Crippen molar-refractivity contribution in [3.8, 4) is 0 Å². The standard InChI is InChI=1S/C7H14N2O2/c8-7(11)6-2-1-3-9(6)4-5-10/h6,10H,1-5H2,(H2,8,11)/t6-/m1/s1. The van der Waals surface area contributed by atoms with Crippen LogP contribution in [0.5, 0.6) is 0 Å². The summed E-state index contributed by atoms with van der Waals surface area (Å²) in [5.41, 5.74) is 5.16. The number of primary amides is 1. The van der Waals surface area contributed by atoms with Gasteiger partial charge in [0.05, 0.1) is 12.6 Å². The maximum atomic E-state index is 10.8. The Bertz CT molecular complexity index is 149. The number of hydrogen-bond donors (Lipinski definition) is 2. The second-order valence-corrected chi connectivity index (χ2v) is 2.82. The van der Waals surface area contributed by atoms with Gasteiger partial charge < -0.3 is 10.8 Å². The molecule has 0 unspecified atom stereocenters. The number of nitrogens with zero attached hydrogens (tertiary/aromatic N) is 1. The molecule has 64 valence electrons. The van der Waals surface area contributed by atoms with Gasteiger partial charge in [0, 0.05) is 6.54 Å². The van der Waals surface area contributed by atoms with Gasteiger partial charge in [0.15, 0.2) is 0 Å². The van der Waals surface area contributed by atoms with Gasteiger partial charge in [0.25, 0.3) is 0 Å². The summed E-state index contributed by atoms with van der Waals surface area (Å²) >= 11 is 0. The lowest BCUT2D eigenvalue weighted by molar-refractivity contribution is -0.122. The third-order valence-corrected chi connectivity index (χ3v) is 2.08. The minimum atomic E-state index is -0.268. The summed E-state index contributed by atoms with van der Waals surface area (Å²) in [6.07, 6.45) is 1.85. The normalized spacial score (nSPS) is 25.7. The summed E-state index contributed by atoms with van der Waals surface area (Å²) < 4.78 is 0. The highest BCUT2D eigenvalue weighted by atomic mass is 16.3. The van der Waals surface area contributed by atoms with Crippen LogP contribution in [0.25, 0.3) is 0 Å². The van der Waals surface area contributed by atoms with Crippen LogP contribution in [0.4, 0.5) is 0 Å².